The largest absolute Gasteiger partial charge is 0.341 e. The fourth-order valence-corrected chi connectivity index (χ4v) is 1.93. The number of hydrogen-bond acceptors (Lipinski definition) is 0. The van der Waals surface area contributed by atoms with Crippen LogP contribution in [0.3, 0.4) is 0 Å². The van der Waals surface area contributed by atoms with Gasteiger partial charge in [0.15, 0.2) is 0 Å². The van der Waals surface area contributed by atoms with E-state index >= 15 is 0 Å². The lowest BCUT2D eigenvalue weighted by Crippen LogP contribution is -1.97. The lowest BCUT2D eigenvalue weighted by molar-refractivity contribution is 0.732. The van der Waals surface area contributed by atoms with Gasteiger partial charge >= 0.3 is 0 Å². The van der Waals surface area contributed by atoms with Crippen molar-refractivity contribution in [3.63, 3.8) is 0 Å². The second-order valence-corrected chi connectivity index (χ2v) is 4.53. The predicted molar refractivity (Wildman–Crippen MR) is 54.9 cm³/mol. The summed E-state index contributed by atoms with van der Waals surface area (Å²) in [6.45, 7) is 4.38. The van der Waals surface area contributed by atoms with Gasteiger partial charge in [-0.2, -0.15) is 0 Å². The molecule has 3 heteroatoms. The summed E-state index contributed by atoms with van der Waals surface area (Å²) in [5, 5.41) is 0. The highest BCUT2D eigenvalue weighted by Gasteiger charge is 2.09. The van der Waals surface area contributed by atoms with Crippen LogP contribution in [-0.2, 0) is 7.05 Å². The minimum absolute atomic E-state index is 0.572. The first-order chi connectivity index (χ1) is 5.04. The van der Waals surface area contributed by atoms with Crippen molar-refractivity contribution in [3.8, 4) is 0 Å². The first-order valence-electron chi connectivity index (χ1n) is 3.54. The van der Waals surface area contributed by atoms with Crippen LogP contribution in [0, 0.1) is 0 Å². The van der Waals surface area contributed by atoms with Crippen molar-refractivity contribution in [2.24, 2.45) is 7.05 Å². The second-order valence-electron chi connectivity index (χ2n) is 2.92. The standard InChI is InChI=1S/C8H11Br2N/c1-5(2)7-4-6(9)8(10)11(7)3/h4-5H,1-3H3. The van der Waals surface area contributed by atoms with E-state index in [1.807, 2.05) is 0 Å². The monoisotopic (exact) mass is 279 g/mol. The molecule has 0 aromatic carbocycles. The van der Waals surface area contributed by atoms with E-state index in [0.717, 1.165) is 9.08 Å². The molecule has 1 nitrogen and oxygen atoms in total. The maximum atomic E-state index is 3.48. The van der Waals surface area contributed by atoms with Crippen molar-refractivity contribution in [2.75, 3.05) is 0 Å². The molecule has 0 bridgehead atoms. The second kappa shape index (κ2) is 3.31. The molecule has 0 fully saturated rings. The van der Waals surface area contributed by atoms with Crippen LogP contribution in [0.25, 0.3) is 0 Å². The number of hydrogen-bond donors (Lipinski definition) is 0. The van der Waals surface area contributed by atoms with Gasteiger partial charge in [-0.15, -0.1) is 0 Å². The van der Waals surface area contributed by atoms with Gasteiger partial charge in [0.2, 0.25) is 0 Å². The maximum absolute atomic E-state index is 3.48. The van der Waals surface area contributed by atoms with Gasteiger partial charge in [-0.25, -0.2) is 0 Å². The van der Waals surface area contributed by atoms with Crippen LogP contribution in [0.4, 0.5) is 0 Å². The Morgan fingerprint density at radius 3 is 2.09 bits per heavy atom. The summed E-state index contributed by atoms with van der Waals surface area (Å²) < 4.78 is 4.39. The van der Waals surface area contributed by atoms with E-state index in [0.29, 0.717) is 5.92 Å². The molecule has 0 radical (unpaired) electrons. The quantitative estimate of drug-likeness (QED) is 0.740. The number of aromatic nitrogens is 1. The van der Waals surface area contributed by atoms with E-state index in [2.05, 4.69) is 63.4 Å². The SMILES string of the molecule is CC(C)c1cc(Br)c(Br)n1C. The average Bonchev–Trinajstić information content (AvgIpc) is 2.17. The lowest BCUT2D eigenvalue weighted by Gasteiger charge is -2.06. The van der Waals surface area contributed by atoms with Crippen molar-refractivity contribution in [1.82, 2.24) is 4.57 Å². The fourth-order valence-electron chi connectivity index (χ4n) is 1.11. The number of nitrogens with zero attached hydrogens (tertiary/aromatic N) is 1. The first-order valence-corrected chi connectivity index (χ1v) is 5.13. The Kier molecular flexibility index (Phi) is 2.81. The molecule has 0 aliphatic rings. The number of halogens is 2. The van der Waals surface area contributed by atoms with E-state index in [-0.39, 0.29) is 0 Å². The molecule has 11 heavy (non-hydrogen) atoms. The molecule has 1 rings (SSSR count). The molecule has 0 aliphatic carbocycles. The molecule has 0 aliphatic heterocycles. The van der Waals surface area contributed by atoms with Crippen molar-refractivity contribution >= 4 is 31.9 Å². The van der Waals surface area contributed by atoms with Crippen molar-refractivity contribution in [2.45, 2.75) is 19.8 Å². The maximum Gasteiger partial charge on any atom is 0.0990 e. The highest BCUT2D eigenvalue weighted by Crippen LogP contribution is 2.29. The zero-order chi connectivity index (χ0) is 8.59. The molecule has 1 aromatic heterocycles. The molecule has 0 N–H and O–H groups in total. The third-order valence-electron chi connectivity index (χ3n) is 1.74. The van der Waals surface area contributed by atoms with E-state index in [1.54, 1.807) is 0 Å². The minimum atomic E-state index is 0.572. The van der Waals surface area contributed by atoms with Crippen LogP contribution in [0.2, 0.25) is 0 Å². The fraction of sp³-hybridized carbons (Fsp3) is 0.500. The van der Waals surface area contributed by atoms with Gasteiger partial charge < -0.3 is 4.57 Å². The molecule has 0 saturated carbocycles. The molecule has 1 heterocycles. The van der Waals surface area contributed by atoms with Crippen LogP contribution in [0.1, 0.15) is 25.5 Å². The van der Waals surface area contributed by atoms with Crippen LogP contribution in [-0.4, -0.2) is 4.57 Å². The van der Waals surface area contributed by atoms with E-state index in [9.17, 15) is 0 Å². The smallest absolute Gasteiger partial charge is 0.0990 e. The van der Waals surface area contributed by atoms with Gasteiger partial charge in [-0.3, -0.25) is 0 Å². The summed E-state index contributed by atoms with van der Waals surface area (Å²) in [5.74, 6) is 0.572. The Balaban J connectivity index is 3.19. The highest BCUT2D eigenvalue weighted by molar-refractivity contribution is 9.13. The Labute approximate surface area is 84.0 Å². The molecule has 0 saturated heterocycles. The van der Waals surface area contributed by atoms with Crippen molar-refractivity contribution < 1.29 is 0 Å². The Morgan fingerprint density at radius 1 is 1.36 bits per heavy atom. The lowest BCUT2D eigenvalue weighted by atomic mass is 10.1. The third-order valence-corrected chi connectivity index (χ3v) is 3.84. The Hall–Kier alpha value is 0.240. The van der Waals surface area contributed by atoms with Gasteiger partial charge in [-0.1, -0.05) is 13.8 Å². The van der Waals surface area contributed by atoms with Crippen molar-refractivity contribution in [3.05, 3.63) is 20.8 Å². The van der Waals surface area contributed by atoms with Gasteiger partial charge in [0.05, 0.1) is 9.08 Å². The molecule has 0 unspecified atom stereocenters. The summed E-state index contributed by atoms with van der Waals surface area (Å²) in [6, 6.07) is 2.15. The topological polar surface area (TPSA) is 4.93 Å². The Bertz CT molecular complexity index is 263. The average molecular weight is 281 g/mol. The summed E-state index contributed by atoms with van der Waals surface area (Å²) in [6.07, 6.45) is 0. The molecule has 0 atom stereocenters. The zero-order valence-electron chi connectivity index (χ0n) is 6.86. The molecule has 0 spiro atoms. The normalized spacial score (nSPS) is 11.1. The van der Waals surface area contributed by atoms with Crippen molar-refractivity contribution in [1.29, 1.82) is 0 Å². The van der Waals surface area contributed by atoms with E-state index in [1.165, 1.54) is 5.69 Å². The van der Waals surface area contributed by atoms with E-state index in [4.69, 9.17) is 0 Å². The summed E-state index contributed by atoms with van der Waals surface area (Å²) in [5.41, 5.74) is 1.34. The van der Waals surface area contributed by atoms with Gasteiger partial charge in [0.25, 0.3) is 0 Å². The summed E-state index contributed by atoms with van der Waals surface area (Å²) in [7, 11) is 2.06. The molecule has 0 amide bonds. The molecular formula is C8H11Br2N. The van der Waals surface area contributed by atoms with Crippen LogP contribution >= 0.6 is 31.9 Å². The Morgan fingerprint density at radius 2 is 1.91 bits per heavy atom. The number of rotatable bonds is 1. The van der Waals surface area contributed by atoms with E-state index < -0.39 is 0 Å². The van der Waals surface area contributed by atoms with Gasteiger partial charge in [0, 0.05) is 12.7 Å². The molecular weight excluding hydrogens is 270 g/mol. The van der Waals surface area contributed by atoms with Gasteiger partial charge in [0.1, 0.15) is 0 Å². The van der Waals surface area contributed by atoms with Crippen LogP contribution in [0.5, 0.6) is 0 Å². The third kappa shape index (κ3) is 1.70. The van der Waals surface area contributed by atoms with Gasteiger partial charge in [-0.05, 0) is 43.8 Å². The minimum Gasteiger partial charge on any atom is -0.341 e. The zero-order valence-corrected chi connectivity index (χ0v) is 10.0. The molecule has 62 valence electrons. The highest BCUT2D eigenvalue weighted by atomic mass is 79.9. The van der Waals surface area contributed by atoms with Crippen LogP contribution < -0.4 is 0 Å². The predicted octanol–water partition coefficient (Wildman–Crippen LogP) is 3.67. The summed E-state index contributed by atoms with van der Waals surface area (Å²) >= 11 is 6.95. The first kappa shape index (κ1) is 9.33. The summed E-state index contributed by atoms with van der Waals surface area (Å²) in [4.78, 5) is 0. The van der Waals surface area contributed by atoms with Crippen LogP contribution in [0.15, 0.2) is 15.1 Å². The molecule has 1 aromatic rings.